The fourth-order valence-corrected chi connectivity index (χ4v) is 2.99. The Labute approximate surface area is 154 Å². The van der Waals surface area contributed by atoms with Crippen molar-refractivity contribution in [2.24, 2.45) is 11.7 Å². The van der Waals surface area contributed by atoms with Crippen LogP contribution in [0, 0.1) is 5.92 Å². The van der Waals surface area contributed by atoms with Crippen LogP contribution >= 0.6 is 0 Å². The molecule has 0 radical (unpaired) electrons. The van der Waals surface area contributed by atoms with Gasteiger partial charge in [0.2, 0.25) is 5.91 Å². The molecule has 3 N–H and O–H groups in total. The monoisotopic (exact) mass is 361 g/mol. The molecule has 0 aromatic heterocycles. The summed E-state index contributed by atoms with van der Waals surface area (Å²) in [5, 5.41) is 2.54. The molecule has 2 fully saturated rings. The van der Waals surface area contributed by atoms with Crippen molar-refractivity contribution in [3.05, 3.63) is 0 Å². The zero-order valence-electron chi connectivity index (χ0n) is 16.0. The number of likely N-dealkylation sites (tertiary alicyclic amines) is 1. The Morgan fingerprint density at radius 1 is 1.20 bits per heavy atom. The van der Waals surface area contributed by atoms with E-state index in [9.17, 15) is 9.59 Å². The maximum atomic E-state index is 12.1. The summed E-state index contributed by atoms with van der Waals surface area (Å²) in [6.07, 6.45) is 5.44. The van der Waals surface area contributed by atoms with Crippen molar-refractivity contribution in [2.45, 2.75) is 71.4 Å². The smallest absolute Gasteiger partial charge is 0.407 e. The third-order valence-corrected chi connectivity index (χ3v) is 4.09. The minimum absolute atomic E-state index is 0. The number of carbonyl (C=O) groups is 2. The Hall–Kier alpha value is -1.34. The van der Waals surface area contributed by atoms with Gasteiger partial charge in [0.05, 0.1) is 19.4 Å². The molecular formula is C18H39N3O4. The van der Waals surface area contributed by atoms with Gasteiger partial charge in [0.25, 0.3) is 0 Å². The summed E-state index contributed by atoms with van der Waals surface area (Å²) >= 11 is 0. The van der Waals surface area contributed by atoms with Gasteiger partial charge in [-0.2, -0.15) is 0 Å². The number of alkyl carbamates (subject to hydrolysis) is 1. The average molecular weight is 362 g/mol. The largest absolute Gasteiger partial charge is 0.446 e. The number of ether oxygens (including phenoxy) is 2. The second kappa shape index (κ2) is 12.1. The van der Waals surface area contributed by atoms with Crippen molar-refractivity contribution in [1.29, 1.82) is 0 Å². The lowest BCUT2D eigenvalue weighted by molar-refractivity contribution is -0.132. The summed E-state index contributed by atoms with van der Waals surface area (Å²) in [4.78, 5) is 25.5. The molecular weight excluding hydrogens is 322 g/mol. The van der Waals surface area contributed by atoms with E-state index in [1.165, 1.54) is 0 Å². The van der Waals surface area contributed by atoms with E-state index in [-0.39, 0.29) is 34.2 Å². The van der Waals surface area contributed by atoms with Crippen molar-refractivity contribution >= 4 is 12.0 Å². The Balaban J connectivity index is 0. The quantitative estimate of drug-likeness (QED) is 0.710. The molecule has 2 rings (SSSR count). The molecule has 0 aromatic carbocycles. The van der Waals surface area contributed by atoms with Gasteiger partial charge in [0.15, 0.2) is 0 Å². The third-order valence-electron chi connectivity index (χ3n) is 4.09. The highest BCUT2D eigenvalue weighted by atomic mass is 16.6. The van der Waals surface area contributed by atoms with Crippen LogP contribution < -0.4 is 11.1 Å². The van der Waals surface area contributed by atoms with Gasteiger partial charge in [-0.1, -0.05) is 20.8 Å². The highest BCUT2D eigenvalue weighted by molar-refractivity contribution is 5.82. The van der Waals surface area contributed by atoms with Crippen molar-refractivity contribution in [2.75, 3.05) is 26.4 Å². The van der Waals surface area contributed by atoms with Gasteiger partial charge in [-0.3, -0.25) is 4.79 Å². The fourth-order valence-electron chi connectivity index (χ4n) is 2.99. The molecule has 150 valence electrons. The molecule has 7 heteroatoms. The maximum Gasteiger partial charge on any atom is 0.407 e. The second-order valence-corrected chi connectivity index (χ2v) is 7.32. The second-order valence-electron chi connectivity index (χ2n) is 7.32. The maximum absolute atomic E-state index is 12.1. The van der Waals surface area contributed by atoms with E-state index in [2.05, 4.69) is 26.1 Å². The molecule has 2 aliphatic rings. The Morgan fingerprint density at radius 3 is 2.44 bits per heavy atom. The molecule has 0 unspecified atom stereocenters. The van der Waals surface area contributed by atoms with Crippen molar-refractivity contribution < 1.29 is 21.9 Å². The van der Waals surface area contributed by atoms with E-state index in [4.69, 9.17) is 15.2 Å². The van der Waals surface area contributed by atoms with Crippen molar-refractivity contribution in [3.8, 4) is 0 Å². The number of nitrogens with one attached hydrogen (secondary N) is 1. The van der Waals surface area contributed by atoms with E-state index >= 15 is 0 Å². The van der Waals surface area contributed by atoms with Gasteiger partial charge in [-0.25, -0.2) is 4.79 Å². The lowest BCUT2D eigenvalue weighted by atomic mass is 10.2. The predicted molar refractivity (Wildman–Crippen MR) is 101 cm³/mol. The van der Waals surface area contributed by atoms with E-state index in [1.54, 1.807) is 4.90 Å². The molecule has 7 nitrogen and oxygen atoms in total. The number of amides is 2. The Morgan fingerprint density at radius 2 is 1.84 bits per heavy atom. The first-order chi connectivity index (χ1) is 11.9. The van der Waals surface area contributed by atoms with Gasteiger partial charge in [-0.05, 0) is 44.4 Å². The van der Waals surface area contributed by atoms with Crippen LogP contribution in [0.5, 0.6) is 0 Å². The van der Waals surface area contributed by atoms with Crippen LogP contribution in [-0.4, -0.2) is 55.5 Å². The molecule has 1 saturated heterocycles. The average Bonchev–Trinajstić information content (AvgIpc) is 3.21. The summed E-state index contributed by atoms with van der Waals surface area (Å²) in [6.45, 7) is 7.79. The van der Waals surface area contributed by atoms with Crippen LogP contribution in [-0.2, 0) is 14.3 Å². The normalized spacial score (nSPS) is 20.4. The van der Waals surface area contributed by atoms with Crippen LogP contribution in [0.15, 0.2) is 0 Å². The van der Waals surface area contributed by atoms with Crippen LogP contribution in [0.1, 0.15) is 62.1 Å². The molecule has 0 aromatic rings. The lowest BCUT2D eigenvalue weighted by Crippen LogP contribution is -2.44. The molecule has 25 heavy (non-hydrogen) atoms. The van der Waals surface area contributed by atoms with Crippen LogP contribution in [0.2, 0.25) is 0 Å². The molecule has 1 saturated carbocycles. The lowest BCUT2D eigenvalue weighted by Gasteiger charge is -2.24. The summed E-state index contributed by atoms with van der Waals surface area (Å²) < 4.78 is 10.4. The molecule has 1 aliphatic heterocycles. The van der Waals surface area contributed by atoms with E-state index in [0.29, 0.717) is 13.2 Å². The number of nitrogens with zero attached hydrogens (tertiary/aromatic N) is 1. The summed E-state index contributed by atoms with van der Waals surface area (Å²) in [5.41, 5.74) is 5.31. The standard InChI is InChI=1S/C14H25N3O4.C4H10.2H2/c15-10-20-9-11-4-3-7-17(11)13(18)8-16-14(19)21-12-5-1-2-6-12;1-4(2)3;;/h11-12H,1-10,15H2,(H,16,19);4H,1-3H3;2*1H/t11-;;;/m0.../s1. The number of hydrogen-bond donors (Lipinski definition) is 2. The minimum Gasteiger partial charge on any atom is -0.446 e. The zero-order valence-corrected chi connectivity index (χ0v) is 16.0. The van der Waals surface area contributed by atoms with Crippen LogP contribution in [0.25, 0.3) is 0 Å². The predicted octanol–water partition coefficient (Wildman–Crippen LogP) is 2.73. The SMILES string of the molecule is CC(C)C.NCOC[C@@H]1CCCN1C(=O)CNC(=O)OC1CCCC1.[HH].[HH]. The van der Waals surface area contributed by atoms with E-state index in [0.717, 1.165) is 44.4 Å². The highest BCUT2D eigenvalue weighted by Gasteiger charge is 2.29. The molecule has 1 atom stereocenters. The van der Waals surface area contributed by atoms with Gasteiger partial charge in [0, 0.05) is 9.40 Å². The first kappa shape index (κ1) is 21.7. The summed E-state index contributed by atoms with van der Waals surface area (Å²) in [6, 6.07) is 0.0636. The topological polar surface area (TPSA) is 93.9 Å². The van der Waals surface area contributed by atoms with Gasteiger partial charge >= 0.3 is 6.09 Å². The molecule has 1 heterocycles. The van der Waals surface area contributed by atoms with Crippen molar-refractivity contribution in [3.63, 3.8) is 0 Å². The van der Waals surface area contributed by atoms with Gasteiger partial charge < -0.3 is 25.4 Å². The van der Waals surface area contributed by atoms with E-state index in [1.807, 2.05) is 0 Å². The molecule has 0 bridgehead atoms. The van der Waals surface area contributed by atoms with Gasteiger partial charge in [0.1, 0.15) is 12.6 Å². The number of nitrogens with two attached hydrogens (primary N) is 1. The van der Waals surface area contributed by atoms with Crippen LogP contribution in [0.3, 0.4) is 0 Å². The molecule has 2 amide bonds. The minimum atomic E-state index is -0.496. The Bertz CT molecular complexity index is 405. The number of rotatable bonds is 6. The fraction of sp³-hybridized carbons (Fsp3) is 0.889. The van der Waals surface area contributed by atoms with E-state index < -0.39 is 6.09 Å². The van der Waals surface area contributed by atoms with Gasteiger partial charge in [-0.15, -0.1) is 0 Å². The molecule has 0 spiro atoms. The highest BCUT2D eigenvalue weighted by Crippen LogP contribution is 2.21. The third kappa shape index (κ3) is 9.07. The first-order valence-electron chi connectivity index (χ1n) is 9.45. The Kier molecular flexibility index (Phi) is 10.5. The van der Waals surface area contributed by atoms with Crippen molar-refractivity contribution in [1.82, 2.24) is 10.2 Å². The molecule has 1 aliphatic carbocycles. The first-order valence-corrected chi connectivity index (χ1v) is 9.45. The number of hydrogen-bond acceptors (Lipinski definition) is 5. The summed E-state index contributed by atoms with van der Waals surface area (Å²) in [7, 11) is 0. The van der Waals surface area contributed by atoms with Crippen LogP contribution in [0.4, 0.5) is 4.79 Å². The number of carbonyl (C=O) groups excluding carboxylic acids is 2. The zero-order chi connectivity index (χ0) is 18.7. The summed E-state index contributed by atoms with van der Waals surface area (Å²) in [5.74, 6) is 0.737.